The number of anilines is 2. The van der Waals surface area contributed by atoms with Crippen LogP contribution in [0.2, 0.25) is 0 Å². The van der Waals surface area contributed by atoms with Crippen LogP contribution in [0.4, 0.5) is 10.9 Å². The lowest BCUT2D eigenvalue weighted by Crippen LogP contribution is -2.45. The Bertz CT molecular complexity index is 864. The molecule has 1 N–H and O–H groups in total. The number of likely N-dealkylation sites (N-methyl/N-ethyl adjacent to an activating group) is 1. The maximum Gasteiger partial charge on any atom is 0.268 e. The summed E-state index contributed by atoms with van der Waals surface area (Å²) in [5, 5.41) is 3.92. The molecule has 4 rings (SSSR count). The molecule has 0 spiro atoms. The normalized spacial score (nSPS) is 19.0. The Morgan fingerprint density at radius 1 is 1.30 bits per heavy atom. The summed E-state index contributed by atoms with van der Waals surface area (Å²) in [6.45, 7) is 3.64. The number of methoxy groups -OCH3 is 1. The lowest BCUT2D eigenvalue weighted by molar-refractivity contribution is -0.122. The molecular weight excluding hydrogens is 364 g/mol. The Morgan fingerprint density at radius 2 is 2.07 bits per heavy atom. The van der Waals surface area contributed by atoms with E-state index in [1.807, 2.05) is 31.2 Å². The molecule has 2 aliphatic heterocycles. The van der Waals surface area contributed by atoms with E-state index in [4.69, 9.17) is 4.74 Å². The van der Waals surface area contributed by atoms with Gasteiger partial charge in [0.1, 0.15) is 16.7 Å². The average molecular weight is 386 g/mol. The van der Waals surface area contributed by atoms with Crippen LogP contribution in [-0.2, 0) is 11.3 Å². The van der Waals surface area contributed by atoms with Gasteiger partial charge >= 0.3 is 0 Å². The summed E-state index contributed by atoms with van der Waals surface area (Å²) < 4.78 is 5.17. The van der Waals surface area contributed by atoms with E-state index >= 15 is 0 Å². The molecule has 0 saturated carbocycles. The maximum atomic E-state index is 13.0. The Hall–Kier alpha value is -2.61. The van der Waals surface area contributed by atoms with E-state index in [2.05, 4.69) is 10.3 Å². The monoisotopic (exact) mass is 386 g/mol. The quantitative estimate of drug-likeness (QED) is 0.855. The summed E-state index contributed by atoms with van der Waals surface area (Å²) in [4.78, 5) is 34.3. The lowest BCUT2D eigenvalue weighted by atomic mass is 10.2. The Labute approximate surface area is 161 Å². The topological polar surface area (TPSA) is 74.8 Å². The van der Waals surface area contributed by atoms with Gasteiger partial charge in [0.15, 0.2) is 10.9 Å². The van der Waals surface area contributed by atoms with Crippen molar-refractivity contribution in [1.29, 1.82) is 0 Å². The Morgan fingerprint density at radius 3 is 2.78 bits per heavy atom. The molecule has 2 aromatic rings. The van der Waals surface area contributed by atoms with Gasteiger partial charge in [0.25, 0.3) is 11.8 Å². The van der Waals surface area contributed by atoms with Crippen molar-refractivity contribution < 1.29 is 14.3 Å². The third-order valence-corrected chi connectivity index (χ3v) is 6.03. The molecule has 2 aliphatic rings. The van der Waals surface area contributed by atoms with Gasteiger partial charge in [-0.05, 0) is 37.5 Å². The average Bonchev–Trinajstić information content (AvgIpc) is 3.33. The molecule has 1 saturated heterocycles. The van der Waals surface area contributed by atoms with Crippen LogP contribution in [-0.4, -0.2) is 47.9 Å². The molecule has 8 heteroatoms. The van der Waals surface area contributed by atoms with E-state index in [0.717, 1.165) is 24.2 Å². The van der Waals surface area contributed by atoms with Crippen LogP contribution < -0.4 is 15.0 Å². The molecule has 27 heavy (non-hydrogen) atoms. The lowest BCUT2D eigenvalue weighted by Gasteiger charge is -2.23. The van der Waals surface area contributed by atoms with E-state index in [9.17, 15) is 9.59 Å². The van der Waals surface area contributed by atoms with Crippen molar-refractivity contribution >= 4 is 34.1 Å². The van der Waals surface area contributed by atoms with Crippen LogP contribution in [0.1, 0.15) is 35.0 Å². The molecule has 142 valence electrons. The number of carbonyl (C=O) groups excluding carboxylic acids is 2. The van der Waals surface area contributed by atoms with E-state index in [0.29, 0.717) is 35.5 Å². The summed E-state index contributed by atoms with van der Waals surface area (Å²) in [5.74, 6) is 1.20. The highest BCUT2D eigenvalue weighted by molar-refractivity contribution is 7.18. The van der Waals surface area contributed by atoms with Gasteiger partial charge < -0.3 is 15.0 Å². The fraction of sp³-hybridized carbons (Fsp3) is 0.421. The van der Waals surface area contributed by atoms with E-state index in [1.165, 1.54) is 11.3 Å². The number of thiazole rings is 1. The highest BCUT2D eigenvalue weighted by Gasteiger charge is 2.43. The molecule has 1 aromatic heterocycles. The molecule has 7 nitrogen and oxygen atoms in total. The highest BCUT2D eigenvalue weighted by atomic mass is 32.1. The molecule has 3 heterocycles. The number of nitrogens with one attached hydrogen (secondary N) is 1. The molecular formula is C19H22N4O3S. The molecule has 1 aromatic carbocycles. The molecule has 0 radical (unpaired) electrons. The zero-order chi connectivity index (χ0) is 19.0. The Kier molecular flexibility index (Phi) is 4.73. The van der Waals surface area contributed by atoms with Crippen molar-refractivity contribution in [3.05, 3.63) is 34.7 Å². The maximum absolute atomic E-state index is 13.0. The summed E-state index contributed by atoms with van der Waals surface area (Å²) in [5.41, 5.74) is 1.08. The number of nitrogens with zero attached hydrogens (tertiary/aromatic N) is 3. The summed E-state index contributed by atoms with van der Waals surface area (Å²) in [6, 6.07) is 7.43. The van der Waals surface area contributed by atoms with Crippen LogP contribution >= 0.6 is 11.3 Å². The van der Waals surface area contributed by atoms with Crippen LogP contribution in [0.3, 0.4) is 0 Å². The summed E-state index contributed by atoms with van der Waals surface area (Å²) in [6.07, 6.45) is 1.61. The van der Waals surface area contributed by atoms with Gasteiger partial charge in [0.05, 0.1) is 7.11 Å². The van der Waals surface area contributed by atoms with Crippen molar-refractivity contribution in [3.63, 3.8) is 0 Å². The van der Waals surface area contributed by atoms with Crippen LogP contribution in [0.5, 0.6) is 5.75 Å². The van der Waals surface area contributed by atoms with Crippen molar-refractivity contribution in [2.45, 2.75) is 32.4 Å². The standard InChI is InChI=1S/C19H22N4O3S/c1-3-22-16-15(18(25)23-10-4-5-14(23)17(22)24)27-19(21-16)20-11-12-6-8-13(26-2)9-7-12/h6-9,14H,3-5,10-11H2,1-2H3,(H,20,21). The highest BCUT2D eigenvalue weighted by Crippen LogP contribution is 2.37. The van der Waals surface area contributed by atoms with Crippen molar-refractivity contribution in [2.75, 3.05) is 30.4 Å². The van der Waals surface area contributed by atoms with Crippen LogP contribution in [0, 0.1) is 0 Å². The largest absolute Gasteiger partial charge is 0.497 e. The number of amides is 2. The number of carbonyl (C=O) groups is 2. The zero-order valence-corrected chi connectivity index (χ0v) is 16.2. The third-order valence-electron chi connectivity index (χ3n) is 5.04. The van der Waals surface area contributed by atoms with Crippen LogP contribution in [0.25, 0.3) is 0 Å². The van der Waals surface area contributed by atoms with Crippen molar-refractivity contribution in [2.24, 2.45) is 0 Å². The summed E-state index contributed by atoms with van der Waals surface area (Å²) >= 11 is 1.32. The number of hydrogen-bond donors (Lipinski definition) is 1. The summed E-state index contributed by atoms with van der Waals surface area (Å²) in [7, 11) is 1.64. The molecule has 2 amide bonds. The molecule has 0 bridgehead atoms. The number of benzene rings is 1. The van der Waals surface area contributed by atoms with Gasteiger partial charge in [-0.15, -0.1) is 0 Å². The minimum atomic E-state index is -0.338. The van der Waals surface area contributed by atoms with E-state index in [-0.39, 0.29) is 17.9 Å². The first-order valence-electron chi connectivity index (χ1n) is 9.12. The number of hydrogen-bond acceptors (Lipinski definition) is 6. The SMILES string of the molecule is CCN1C(=O)C2CCCN2C(=O)c2sc(NCc3ccc(OC)cc3)nc21. The fourth-order valence-electron chi connectivity index (χ4n) is 3.62. The van der Waals surface area contributed by atoms with Crippen molar-refractivity contribution in [3.8, 4) is 5.75 Å². The van der Waals surface area contributed by atoms with Gasteiger partial charge in [-0.3, -0.25) is 14.5 Å². The molecule has 0 aliphatic carbocycles. The Balaban J connectivity index is 1.58. The first kappa shape index (κ1) is 17.8. The van der Waals surface area contributed by atoms with Gasteiger partial charge in [0, 0.05) is 19.6 Å². The van der Waals surface area contributed by atoms with Gasteiger partial charge in [-0.1, -0.05) is 23.5 Å². The second-order valence-electron chi connectivity index (χ2n) is 6.61. The number of aromatic nitrogens is 1. The minimum Gasteiger partial charge on any atom is -0.497 e. The second kappa shape index (κ2) is 7.19. The second-order valence-corrected chi connectivity index (χ2v) is 7.61. The predicted molar refractivity (Wildman–Crippen MR) is 105 cm³/mol. The van der Waals surface area contributed by atoms with E-state index in [1.54, 1.807) is 16.9 Å². The minimum absolute atomic E-state index is 0.0193. The first-order valence-corrected chi connectivity index (χ1v) is 9.94. The van der Waals surface area contributed by atoms with Crippen LogP contribution in [0.15, 0.2) is 24.3 Å². The van der Waals surface area contributed by atoms with Crippen molar-refractivity contribution in [1.82, 2.24) is 9.88 Å². The van der Waals surface area contributed by atoms with Gasteiger partial charge in [0.2, 0.25) is 0 Å². The smallest absolute Gasteiger partial charge is 0.268 e. The van der Waals surface area contributed by atoms with E-state index < -0.39 is 0 Å². The third kappa shape index (κ3) is 3.14. The molecule has 1 atom stereocenters. The molecule has 1 fully saturated rings. The van der Waals surface area contributed by atoms with Gasteiger partial charge in [-0.25, -0.2) is 4.98 Å². The van der Waals surface area contributed by atoms with Gasteiger partial charge in [-0.2, -0.15) is 0 Å². The predicted octanol–water partition coefficient (Wildman–Crippen LogP) is 2.73. The first-order chi connectivity index (χ1) is 13.1. The fourth-order valence-corrected chi connectivity index (χ4v) is 4.54. The number of fused-ring (bicyclic) bond motifs is 2. The number of ether oxygens (including phenoxy) is 1. The zero-order valence-electron chi connectivity index (χ0n) is 15.4. The number of rotatable bonds is 5. The molecule has 1 unspecified atom stereocenters.